The predicted molar refractivity (Wildman–Crippen MR) is 60.9 cm³/mol. The molecular weight excluding hydrogens is 228 g/mol. The summed E-state index contributed by atoms with van der Waals surface area (Å²) in [5.74, 6) is 5.71. The van der Waals surface area contributed by atoms with Crippen molar-refractivity contribution in [3.63, 3.8) is 0 Å². The minimum Gasteiger partial charge on any atom is -0.307 e. The van der Waals surface area contributed by atoms with Gasteiger partial charge in [0.05, 0.1) is 35.3 Å². The van der Waals surface area contributed by atoms with Crippen LogP contribution in [0.25, 0.3) is 0 Å². The molecule has 0 aliphatic carbocycles. The van der Waals surface area contributed by atoms with Crippen molar-refractivity contribution in [2.75, 3.05) is 5.43 Å². The number of nitrogens with two attached hydrogens (primary N) is 1. The highest BCUT2D eigenvalue weighted by atomic mass is 35.5. The average molecular weight is 239 g/mol. The SMILES string of the molecule is Cc1nn(Cc2cnc(NN)cn2)cc1Cl. The molecule has 0 aromatic carbocycles. The minimum absolute atomic E-state index is 0.526. The second-order valence-electron chi connectivity index (χ2n) is 3.30. The summed E-state index contributed by atoms with van der Waals surface area (Å²) in [6.45, 7) is 2.39. The number of hydrazine groups is 1. The van der Waals surface area contributed by atoms with Gasteiger partial charge in [0.15, 0.2) is 5.82 Å². The minimum atomic E-state index is 0.526. The van der Waals surface area contributed by atoms with Gasteiger partial charge in [-0.25, -0.2) is 10.8 Å². The Morgan fingerprint density at radius 1 is 1.44 bits per heavy atom. The van der Waals surface area contributed by atoms with Crippen molar-refractivity contribution in [1.29, 1.82) is 0 Å². The molecule has 2 aromatic rings. The smallest absolute Gasteiger partial charge is 0.158 e. The van der Waals surface area contributed by atoms with Crippen LogP contribution in [-0.2, 0) is 6.54 Å². The third-order valence-electron chi connectivity index (χ3n) is 2.06. The molecule has 84 valence electrons. The molecule has 7 heteroatoms. The van der Waals surface area contributed by atoms with Crippen LogP contribution < -0.4 is 11.3 Å². The maximum absolute atomic E-state index is 5.90. The van der Waals surface area contributed by atoms with E-state index in [4.69, 9.17) is 17.4 Å². The largest absolute Gasteiger partial charge is 0.307 e. The van der Waals surface area contributed by atoms with Crippen molar-refractivity contribution >= 4 is 17.4 Å². The number of nitrogens with one attached hydrogen (secondary N) is 1. The second-order valence-corrected chi connectivity index (χ2v) is 3.70. The van der Waals surface area contributed by atoms with Crippen molar-refractivity contribution in [3.05, 3.63) is 35.0 Å². The van der Waals surface area contributed by atoms with Crippen LogP contribution in [0.3, 0.4) is 0 Å². The van der Waals surface area contributed by atoms with Crippen LogP contribution in [-0.4, -0.2) is 19.7 Å². The average Bonchev–Trinajstić information content (AvgIpc) is 2.59. The third kappa shape index (κ3) is 2.29. The van der Waals surface area contributed by atoms with E-state index in [2.05, 4.69) is 20.5 Å². The summed E-state index contributed by atoms with van der Waals surface area (Å²) < 4.78 is 1.72. The van der Waals surface area contributed by atoms with Gasteiger partial charge in [-0.15, -0.1) is 0 Å². The number of rotatable bonds is 3. The lowest BCUT2D eigenvalue weighted by Gasteiger charge is -2.02. The van der Waals surface area contributed by atoms with Crippen LogP contribution in [0, 0.1) is 6.92 Å². The zero-order valence-corrected chi connectivity index (χ0v) is 9.44. The van der Waals surface area contributed by atoms with Crippen LogP contribution in [0.5, 0.6) is 0 Å². The van der Waals surface area contributed by atoms with Gasteiger partial charge in [-0.3, -0.25) is 9.67 Å². The van der Waals surface area contributed by atoms with Crippen LogP contribution in [0.15, 0.2) is 18.6 Å². The molecule has 0 aliphatic heterocycles. The second kappa shape index (κ2) is 4.46. The van der Waals surface area contributed by atoms with Crippen molar-refractivity contribution in [1.82, 2.24) is 19.7 Å². The van der Waals surface area contributed by atoms with Gasteiger partial charge in [0, 0.05) is 6.20 Å². The molecule has 0 bridgehead atoms. The van der Waals surface area contributed by atoms with Crippen molar-refractivity contribution < 1.29 is 0 Å². The van der Waals surface area contributed by atoms with E-state index in [-0.39, 0.29) is 0 Å². The van der Waals surface area contributed by atoms with E-state index in [1.54, 1.807) is 23.3 Å². The van der Waals surface area contributed by atoms with Gasteiger partial charge in [0.1, 0.15) is 0 Å². The highest BCUT2D eigenvalue weighted by Gasteiger charge is 2.03. The number of aromatic nitrogens is 4. The van der Waals surface area contributed by atoms with Crippen LogP contribution in [0.1, 0.15) is 11.4 Å². The molecule has 2 heterocycles. The first-order valence-electron chi connectivity index (χ1n) is 4.66. The maximum Gasteiger partial charge on any atom is 0.158 e. The Bertz CT molecular complexity index is 458. The zero-order valence-electron chi connectivity index (χ0n) is 8.68. The number of nitrogen functional groups attached to an aromatic ring is 1. The van der Waals surface area contributed by atoms with Gasteiger partial charge < -0.3 is 5.43 Å². The molecule has 6 nitrogen and oxygen atoms in total. The Kier molecular flexibility index (Phi) is 3.02. The number of aryl methyl sites for hydroxylation is 1. The summed E-state index contributed by atoms with van der Waals surface area (Å²) >= 11 is 5.90. The van der Waals surface area contributed by atoms with Crippen LogP contribution >= 0.6 is 11.6 Å². The first-order valence-corrected chi connectivity index (χ1v) is 5.04. The van der Waals surface area contributed by atoms with E-state index in [1.807, 2.05) is 6.92 Å². The van der Waals surface area contributed by atoms with Gasteiger partial charge >= 0.3 is 0 Å². The summed E-state index contributed by atoms with van der Waals surface area (Å²) in [5, 5.41) is 4.87. The van der Waals surface area contributed by atoms with E-state index in [9.17, 15) is 0 Å². The lowest BCUT2D eigenvalue weighted by molar-refractivity contribution is 0.663. The molecular formula is C9H11ClN6. The summed E-state index contributed by atoms with van der Waals surface area (Å²) in [4.78, 5) is 8.22. The van der Waals surface area contributed by atoms with Crippen molar-refractivity contribution in [2.24, 2.45) is 5.84 Å². The molecule has 0 amide bonds. The fourth-order valence-electron chi connectivity index (χ4n) is 1.25. The Morgan fingerprint density at radius 2 is 2.25 bits per heavy atom. The topological polar surface area (TPSA) is 81.7 Å². The standard InChI is InChI=1S/C9H11ClN6/c1-6-8(10)5-16(15-6)4-7-2-13-9(14-11)3-12-7/h2-3,5H,4,11H2,1H3,(H,13,14). The van der Waals surface area contributed by atoms with Crippen LogP contribution in [0.2, 0.25) is 5.02 Å². The summed E-state index contributed by atoms with van der Waals surface area (Å²) in [7, 11) is 0. The highest BCUT2D eigenvalue weighted by Crippen LogP contribution is 2.12. The molecule has 2 aromatic heterocycles. The molecule has 0 unspecified atom stereocenters. The molecule has 0 spiro atoms. The van der Waals surface area contributed by atoms with E-state index >= 15 is 0 Å². The molecule has 0 fully saturated rings. The van der Waals surface area contributed by atoms with Crippen molar-refractivity contribution in [3.8, 4) is 0 Å². The van der Waals surface area contributed by atoms with Gasteiger partial charge in [-0.05, 0) is 6.92 Å². The van der Waals surface area contributed by atoms with Gasteiger partial charge in [-0.2, -0.15) is 5.10 Å². The predicted octanol–water partition coefficient (Wildman–Crippen LogP) is 0.969. The number of hydrogen-bond acceptors (Lipinski definition) is 5. The number of hydrogen-bond donors (Lipinski definition) is 2. The first kappa shape index (κ1) is 10.8. The van der Waals surface area contributed by atoms with E-state index in [1.165, 1.54) is 0 Å². The fourth-order valence-corrected chi connectivity index (χ4v) is 1.40. The molecule has 0 saturated heterocycles. The summed E-state index contributed by atoms with van der Waals surface area (Å²) in [6, 6.07) is 0. The molecule has 0 aliphatic rings. The molecule has 3 N–H and O–H groups in total. The quantitative estimate of drug-likeness (QED) is 0.615. The van der Waals surface area contributed by atoms with E-state index in [0.717, 1.165) is 11.4 Å². The van der Waals surface area contributed by atoms with E-state index < -0.39 is 0 Å². The van der Waals surface area contributed by atoms with Gasteiger partial charge in [0.25, 0.3) is 0 Å². The molecule has 0 saturated carbocycles. The number of anilines is 1. The summed E-state index contributed by atoms with van der Waals surface area (Å²) in [6.07, 6.45) is 4.96. The van der Waals surface area contributed by atoms with Crippen molar-refractivity contribution in [2.45, 2.75) is 13.5 Å². The monoisotopic (exact) mass is 238 g/mol. The number of halogens is 1. The van der Waals surface area contributed by atoms with Gasteiger partial charge in [-0.1, -0.05) is 11.6 Å². The van der Waals surface area contributed by atoms with Crippen LogP contribution in [0.4, 0.5) is 5.82 Å². The highest BCUT2D eigenvalue weighted by molar-refractivity contribution is 6.31. The Labute approximate surface area is 97.4 Å². The Hall–Kier alpha value is -1.66. The fraction of sp³-hybridized carbons (Fsp3) is 0.222. The first-order chi connectivity index (χ1) is 7.69. The molecule has 0 radical (unpaired) electrons. The molecule has 0 atom stereocenters. The third-order valence-corrected chi connectivity index (χ3v) is 2.43. The molecule has 16 heavy (non-hydrogen) atoms. The summed E-state index contributed by atoms with van der Waals surface area (Å²) in [5.41, 5.74) is 4.00. The van der Waals surface area contributed by atoms with E-state index in [0.29, 0.717) is 17.4 Å². The molecule has 2 rings (SSSR count). The Balaban J connectivity index is 2.14. The van der Waals surface area contributed by atoms with Gasteiger partial charge in [0.2, 0.25) is 0 Å². The maximum atomic E-state index is 5.90. The lowest BCUT2D eigenvalue weighted by Crippen LogP contribution is -2.10. The number of nitrogens with zero attached hydrogens (tertiary/aromatic N) is 4. The lowest BCUT2D eigenvalue weighted by atomic mass is 10.4. The normalized spacial score (nSPS) is 10.4. The zero-order chi connectivity index (χ0) is 11.5. The Morgan fingerprint density at radius 3 is 2.75 bits per heavy atom.